The molecule has 0 atom stereocenters. The topological polar surface area (TPSA) is 98.8 Å². The molecule has 0 radical (unpaired) electrons. The molecule has 46 heavy (non-hydrogen) atoms. The van der Waals surface area contributed by atoms with Crippen molar-refractivity contribution in [3.05, 3.63) is 34.0 Å². The summed E-state index contributed by atoms with van der Waals surface area (Å²) < 4.78 is 42.7. The van der Waals surface area contributed by atoms with E-state index < -0.39 is 0 Å². The average Bonchev–Trinajstić information content (AvgIpc) is 3.91. The Bertz CT molecular complexity index is 1970. The van der Waals surface area contributed by atoms with Crippen LogP contribution in [0.3, 0.4) is 0 Å². The number of carbonyl (C=O) groups excluding carboxylic acids is 2. The zero-order chi connectivity index (χ0) is 31.4. The summed E-state index contributed by atoms with van der Waals surface area (Å²) >= 11 is 7.47. The second kappa shape index (κ2) is 12.2. The average molecular weight is 715 g/mol. The van der Waals surface area contributed by atoms with E-state index in [4.69, 9.17) is 33.2 Å². The third-order valence-electron chi connectivity index (χ3n) is 7.25. The maximum Gasteiger partial charge on any atom is 0.348 e. The van der Waals surface area contributed by atoms with Crippen LogP contribution >= 0.6 is 56.7 Å². The van der Waals surface area contributed by atoms with Crippen molar-refractivity contribution in [1.82, 2.24) is 0 Å². The van der Waals surface area contributed by atoms with Gasteiger partial charge in [-0.3, -0.25) is 4.79 Å². The van der Waals surface area contributed by atoms with Crippen molar-refractivity contribution in [1.29, 1.82) is 0 Å². The number of fused-ring (bicyclic) bond motifs is 3. The first kappa shape index (κ1) is 29.8. The Morgan fingerprint density at radius 1 is 0.565 bits per heavy atom. The standard InChI is InChI=1S/C32H26O9S5/c1-3-8-41-32(34)19-7-6-18(43-19)27-21-23(38-12-10-36-21)29(45-27)31-25-24(39-13-14-40-25)30(46-31)28-22-20(35-9-11-37-22)26(44-28)17-5-4-16(42-17)15(2)33/h4-7H,3,8-14H2,1-2H3. The lowest BCUT2D eigenvalue weighted by Gasteiger charge is -2.19. The summed E-state index contributed by atoms with van der Waals surface area (Å²) in [5.41, 5.74) is 0. The van der Waals surface area contributed by atoms with Gasteiger partial charge >= 0.3 is 5.97 Å². The first-order valence-electron chi connectivity index (χ1n) is 14.7. The van der Waals surface area contributed by atoms with Gasteiger partial charge in [-0.25, -0.2) is 4.79 Å². The van der Waals surface area contributed by atoms with Gasteiger partial charge in [-0.15, -0.1) is 56.7 Å². The van der Waals surface area contributed by atoms with E-state index in [0.29, 0.717) is 90.5 Å². The van der Waals surface area contributed by atoms with Gasteiger partial charge in [0, 0.05) is 9.75 Å². The highest BCUT2D eigenvalue weighted by atomic mass is 32.1. The molecule has 8 heterocycles. The molecule has 238 valence electrons. The minimum absolute atomic E-state index is 0.0293. The van der Waals surface area contributed by atoms with Crippen LogP contribution in [-0.2, 0) is 4.74 Å². The van der Waals surface area contributed by atoms with E-state index >= 15 is 0 Å². The molecule has 0 fully saturated rings. The Kier molecular flexibility index (Phi) is 7.93. The smallest absolute Gasteiger partial charge is 0.348 e. The van der Waals surface area contributed by atoms with Gasteiger partial charge in [0.15, 0.2) is 40.3 Å². The highest BCUT2D eigenvalue weighted by Crippen LogP contribution is 2.65. The van der Waals surface area contributed by atoms with Crippen LogP contribution in [0.2, 0.25) is 0 Å². The van der Waals surface area contributed by atoms with Crippen molar-refractivity contribution in [2.75, 3.05) is 46.2 Å². The van der Waals surface area contributed by atoms with Crippen molar-refractivity contribution < 1.29 is 42.7 Å². The molecule has 0 N–H and O–H groups in total. The molecule has 3 aliphatic heterocycles. The minimum atomic E-state index is -0.326. The third kappa shape index (κ3) is 5.07. The molecule has 3 aliphatic rings. The van der Waals surface area contributed by atoms with Gasteiger partial charge in [-0.2, -0.15) is 0 Å². The van der Waals surface area contributed by atoms with Crippen LogP contribution in [0, 0.1) is 0 Å². The van der Waals surface area contributed by atoms with Gasteiger partial charge < -0.3 is 33.2 Å². The van der Waals surface area contributed by atoms with Crippen LogP contribution in [0.4, 0.5) is 0 Å². The van der Waals surface area contributed by atoms with Crippen LogP contribution < -0.4 is 28.4 Å². The van der Waals surface area contributed by atoms with E-state index in [2.05, 4.69) is 0 Å². The Morgan fingerprint density at radius 3 is 1.33 bits per heavy atom. The van der Waals surface area contributed by atoms with Crippen molar-refractivity contribution in [2.24, 2.45) is 0 Å². The quantitative estimate of drug-likeness (QED) is 0.115. The molecule has 0 saturated carbocycles. The van der Waals surface area contributed by atoms with Crippen LogP contribution in [0.5, 0.6) is 34.5 Å². The number of ether oxygens (including phenoxy) is 7. The molecule has 0 bridgehead atoms. The highest BCUT2D eigenvalue weighted by molar-refractivity contribution is 7.31. The lowest BCUT2D eigenvalue weighted by Crippen LogP contribution is -2.16. The van der Waals surface area contributed by atoms with E-state index in [1.165, 1.54) is 22.7 Å². The fraction of sp³-hybridized carbons (Fsp3) is 0.312. The lowest BCUT2D eigenvalue weighted by molar-refractivity contribution is 0.0510. The number of rotatable bonds is 8. The maximum atomic E-state index is 12.6. The van der Waals surface area contributed by atoms with E-state index in [1.54, 1.807) is 47.0 Å². The number of esters is 1. The predicted molar refractivity (Wildman–Crippen MR) is 181 cm³/mol. The fourth-order valence-electron chi connectivity index (χ4n) is 5.26. The molecular formula is C32H26O9S5. The summed E-state index contributed by atoms with van der Waals surface area (Å²) in [6.45, 7) is 6.47. The summed E-state index contributed by atoms with van der Waals surface area (Å²) in [5, 5.41) is 0. The van der Waals surface area contributed by atoms with Crippen molar-refractivity contribution in [2.45, 2.75) is 20.3 Å². The monoisotopic (exact) mass is 714 g/mol. The first-order valence-corrected chi connectivity index (χ1v) is 18.8. The van der Waals surface area contributed by atoms with Gasteiger partial charge in [0.25, 0.3) is 0 Å². The summed E-state index contributed by atoms with van der Waals surface area (Å²) in [6.07, 6.45) is 0.763. The number of thiophene rings is 5. The van der Waals surface area contributed by atoms with Crippen LogP contribution in [0.25, 0.3) is 39.0 Å². The third-order valence-corrected chi connectivity index (χ3v) is 13.7. The van der Waals surface area contributed by atoms with E-state index in [0.717, 1.165) is 45.4 Å². The Morgan fingerprint density at radius 2 is 0.935 bits per heavy atom. The number of Topliss-reactive ketones (excluding diaryl/α,β-unsaturated/α-hetero) is 1. The molecule has 0 saturated heterocycles. The predicted octanol–water partition coefficient (Wildman–Crippen LogP) is 8.75. The molecule has 0 aliphatic carbocycles. The summed E-state index contributed by atoms with van der Waals surface area (Å²) in [5.74, 6) is 3.68. The molecule has 5 aromatic rings. The number of hydrogen-bond acceptors (Lipinski definition) is 14. The molecule has 0 unspecified atom stereocenters. The largest absolute Gasteiger partial charge is 0.485 e. The number of carbonyl (C=O) groups is 2. The second-order valence-corrected chi connectivity index (χ2v) is 15.6. The van der Waals surface area contributed by atoms with Gasteiger partial charge in [-0.1, -0.05) is 6.92 Å². The van der Waals surface area contributed by atoms with E-state index in [-0.39, 0.29) is 11.8 Å². The molecule has 0 spiro atoms. The van der Waals surface area contributed by atoms with Crippen molar-refractivity contribution >= 4 is 68.4 Å². The minimum Gasteiger partial charge on any atom is -0.485 e. The summed E-state index contributed by atoms with van der Waals surface area (Å²) in [7, 11) is 0. The van der Waals surface area contributed by atoms with Gasteiger partial charge in [0.05, 0.1) is 40.7 Å². The normalized spacial score (nSPS) is 14.7. The van der Waals surface area contributed by atoms with E-state index in [9.17, 15) is 9.59 Å². The molecule has 8 rings (SSSR count). The van der Waals surface area contributed by atoms with Crippen molar-refractivity contribution in [3.63, 3.8) is 0 Å². The fourth-order valence-corrected chi connectivity index (χ4v) is 11.1. The molecule has 0 aromatic carbocycles. The van der Waals surface area contributed by atoms with Crippen LogP contribution in [-0.4, -0.2) is 58.0 Å². The van der Waals surface area contributed by atoms with E-state index in [1.807, 2.05) is 25.1 Å². The van der Waals surface area contributed by atoms with Crippen molar-refractivity contribution in [3.8, 4) is 73.5 Å². The molecule has 5 aromatic heterocycles. The molecule has 0 amide bonds. The zero-order valence-corrected chi connectivity index (χ0v) is 28.8. The Hall–Kier alpha value is -3.56. The molecule has 9 nitrogen and oxygen atoms in total. The SMILES string of the molecule is CCCOC(=O)c1ccc(-c2sc(-c3sc(-c4sc(-c5ccc(C(C)=O)s5)c5c4OCCO5)c4c3OCCO4)c3c2OCCO3)s1. The first-order chi connectivity index (χ1) is 22.5. The van der Waals surface area contributed by atoms with Gasteiger partial charge in [0.1, 0.15) is 44.5 Å². The second-order valence-electron chi connectivity index (χ2n) is 10.4. The maximum absolute atomic E-state index is 12.6. The molecular weight excluding hydrogens is 689 g/mol. The van der Waals surface area contributed by atoms with Crippen LogP contribution in [0.1, 0.15) is 39.6 Å². The highest BCUT2D eigenvalue weighted by Gasteiger charge is 2.37. The van der Waals surface area contributed by atoms with Gasteiger partial charge in [-0.05, 0) is 37.6 Å². The lowest BCUT2D eigenvalue weighted by atomic mass is 10.2. The number of ketones is 1. The van der Waals surface area contributed by atoms with Gasteiger partial charge in [0.2, 0.25) is 0 Å². The zero-order valence-electron chi connectivity index (χ0n) is 24.7. The number of hydrogen-bond donors (Lipinski definition) is 0. The van der Waals surface area contributed by atoms with Crippen LogP contribution in [0.15, 0.2) is 24.3 Å². The Balaban J connectivity index is 1.25. The summed E-state index contributed by atoms with van der Waals surface area (Å²) in [6, 6.07) is 7.53. The Labute approximate surface area is 283 Å². The summed E-state index contributed by atoms with van der Waals surface area (Å²) in [4.78, 5) is 33.0. The molecule has 14 heteroatoms.